The summed E-state index contributed by atoms with van der Waals surface area (Å²) >= 11 is 0. The fraction of sp³-hybridized carbons (Fsp3) is 0.267. The second-order valence-electron chi connectivity index (χ2n) is 4.28. The molecule has 0 N–H and O–H groups in total. The monoisotopic (exact) mass is 243 g/mol. The van der Waals surface area contributed by atoms with E-state index in [0.717, 1.165) is 5.69 Å². The van der Waals surface area contributed by atoms with E-state index in [1.165, 1.54) is 23.9 Å². The van der Waals surface area contributed by atoms with E-state index in [4.69, 9.17) is 4.74 Å². The molecule has 0 aliphatic heterocycles. The van der Waals surface area contributed by atoms with Crippen LogP contribution in [0.2, 0.25) is 0 Å². The van der Waals surface area contributed by atoms with Crippen molar-refractivity contribution in [2.45, 2.75) is 13.5 Å². The van der Waals surface area contributed by atoms with E-state index < -0.39 is 0 Å². The van der Waals surface area contributed by atoms with E-state index in [-0.39, 0.29) is 5.78 Å². The van der Waals surface area contributed by atoms with Crippen molar-refractivity contribution in [1.29, 1.82) is 0 Å². The first-order valence-corrected chi connectivity index (χ1v) is 5.96. The zero-order valence-corrected chi connectivity index (χ0v) is 10.7. The van der Waals surface area contributed by atoms with Gasteiger partial charge in [-0.05, 0) is 30.5 Å². The molecule has 94 valence electrons. The van der Waals surface area contributed by atoms with Crippen molar-refractivity contribution in [3.8, 4) is 0 Å². The van der Waals surface area contributed by atoms with Crippen molar-refractivity contribution in [3.63, 3.8) is 0 Å². The molecule has 0 aliphatic carbocycles. The van der Waals surface area contributed by atoms with Crippen molar-refractivity contribution in [1.82, 2.24) is 4.57 Å². The van der Waals surface area contributed by atoms with Gasteiger partial charge in [-0.1, -0.05) is 24.3 Å². The van der Waals surface area contributed by atoms with E-state index in [0.29, 0.717) is 13.2 Å². The SMILES string of the molecule is CC(=O)/C=C/COCc1cc2ccccc2n1C. The number of hydrogen-bond donors (Lipinski definition) is 0. The number of para-hydroxylation sites is 1. The molecule has 1 heterocycles. The Balaban J connectivity index is 2.00. The van der Waals surface area contributed by atoms with E-state index in [2.05, 4.69) is 22.8 Å². The Hall–Kier alpha value is -1.87. The molecule has 1 aromatic heterocycles. The van der Waals surface area contributed by atoms with E-state index in [9.17, 15) is 4.79 Å². The minimum absolute atomic E-state index is 0.0446. The van der Waals surface area contributed by atoms with Crippen molar-refractivity contribution >= 4 is 16.7 Å². The third kappa shape index (κ3) is 2.87. The molecule has 2 rings (SSSR count). The fourth-order valence-corrected chi connectivity index (χ4v) is 1.93. The Kier molecular flexibility index (Phi) is 3.95. The van der Waals surface area contributed by atoms with Crippen molar-refractivity contribution in [2.24, 2.45) is 7.05 Å². The number of carbonyl (C=O) groups excluding carboxylic acids is 1. The molecule has 0 bridgehead atoms. The van der Waals surface area contributed by atoms with E-state index >= 15 is 0 Å². The lowest BCUT2D eigenvalue weighted by atomic mass is 10.2. The van der Waals surface area contributed by atoms with Crippen molar-refractivity contribution in [3.05, 3.63) is 48.2 Å². The molecule has 0 unspecified atom stereocenters. The van der Waals surface area contributed by atoms with Crippen molar-refractivity contribution in [2.75, 3.05) is 6.61 Å². The number of aromatic nitrogens is 1. The second kappa shape index (κ2) is 5.65. The van der Waals surface area contributed by atoms with E-state index in [1.54, 1.807) is 6.08 Å². The zero-order chi connectivity index (χ0) is 13.0. The summed E-state index contributed by atoms with van der Waals surface area (Å²) in [6.07, 6.45) is 3.27. The highest BCUT2D eigenvalue weighted by molar-refractivity contribution is 5.87. The van der Waals surface area contributed by atoms with Crippen LogP contribution in [0.4, 0.5) is 0 Å². The average molecular weight is 243 g/mol. The number of hydrogen-bond acceptors (Lipinski definition) is 2. The normalized spacial score (nSPS) is 11.4. The summed E-state index contributed by atoms with van der Waals surface area (Å²) in [7, 11) is 2.03. The maximum atomic E-state index is 10.7. The minimum Gasteiger partial charge on any atom is -0.371 e. The lowest BCUT2D eigenvalue weighted by molar-refractivity contribution is -0.112. The van der Waals surface area contributed by atoms with Crippen LogP contribution < -0.4 is 0 Å². The zero-order valence-electron chi connectivity index (χ0n) is 10.7. The highest BCUT2D eigenvalue weighted by Gasteiger charge is 2.04. The van der Waals surface area contributed by atoms with Gasteiger partial charge in [0.25, 0.3) is 0 Å². The number of ketones is 1. The van der Waals surface area contributed by atoms with Gasteiger partial charge < -0.3 is 9.30 Å². The van der Waals surface area contributed by atoms with Gasteiger partial charge in [0, 0.05) is 18.3 Å². The number of allylic oxidation sites excluding steroid dienone is 1. The van der Waals surface area contributed by atoms with Crippen LogP contribution in [-0.2, 0) is 23.2 Å². The predicted octanol–water partition coefficient (Wildman–Crippen LogP) is 2.84. The van der Waals surface area contributed by atoms with Gasteiger partial charge in [-0.2, -0.15) is 0 Å². The minimum atomic E-state index is 0.0446. The molecule has 0 radical (unpaired) electrons. The van der Waals surface area contributed by atoms with Crippen LogP contribution in [-0.4, -0.2) is 17.0 Å². The van der Waals surface area contributed by atoms with Gasteiger partial charge in [-0.25, -0.2) is 0 Å². The van der Waals surface area contributed by atoms with Gasteiger partial charge in [0.15, 0.2) is 5.78 Å². The predicted molar refractivity (Wildman–Crippen MR) is 72.4 cm³/mol. The van der Waals surface area contributed by atoms with Crippen LogP contribution >= 0.6 is 0 Å². The van der Waals surface area contributed by atoms with E-state index in [1.807, 2.05) is 19.2 Å². The standard InChI is InChI=1S/C15H17NO2/c1-12(17)6-5-9-18-11-14-10-13-7-3-4-8-15(13)16(14)2/h3-8,10H,9,11H2,1-2H3/b6-5+. The van der Waals surface area contributed by atoms with Crippen LogP contribution in [0.25, 0.3) is 10.9 Å². The number of benzene rings is 1. The molecule has 0 spiro atoms. The number of aryl methyl sites for hydroxylation is 1. The molecule has 0 amide bonds. The molecule has 18 heavy (non-hydrogen) atoms. The van der Waals surface area contributed by atoms with Gasteiger partial charge >= 0.3 is 0 Å². The number of nitrogens with zero attached hydrogens (tertiary/aromatic N) is 1. The molecule has 2 aromatic rings. The number of fused-ring (bicyclic) bond motifs is 1. The van der Waals surface area contributed by atoms with Gasteiger partial charge in [0.05, 0.1) is 13.2 Å². The van der Waals surface area contributed by atoms with Gasteiger partial charge in [0.2, 0.25) is 0 Å². The molecular formula is C15H17NO2. The summed E-state index contributed by atoms with van der Waals surface area (Å²) in [4.78, 5) is 10.7. The Morgan fingerprint density at radius 3 is 2.89 bits per heavy atom. The summed E-state index contributed by atoms with van der Waals surface area (Å²) in [5.41, 5.74) is 2.34. The van der Waals surface area contributed by atoms with Gasteiger partial charge in [0.1, 0.15) is 0 Å². The Morgan fingerprint density at radius 1 is 1.39 bits per heavy atom. The summed E-state index contributed by atoms with van der Waals surface area (Å²) < 4.78 is 7.65. The average Bonchev–Trinajstić information content (AvgIpc) is 2.66. The van der Waals surface area contributed by atoms with Crippen LogP contribution in [0.3, 0.4) is 0 Å². The Morgan fingerprint density at radius 2 is 2.17 bits per heavy atom. The number of carbonyl (C=O) groups is 1. The summed E-state index contributed by atoms with van der Waals surface area (Å²) in [6.45, 7) is 2.54. The maximum Gasteiger partial charge on any atom is 0.152 e. The fourth-order valence-electron chi connectivity index (χ4n) is 1.93. The molecule has 0 atom stereocenters. The molecule has 3 heteroatoms. The topological polar surface area (TPSA) is 31.2 Å². The highest BCUT2D eigenvalue weighted by Crippen LogP contribution is 2.18. The Bertz CT molecular complexity index is 581. The summed E-state index contributed by atoms with van der Waals surface area (Å²) in [5.74, 6) is 0.0446. The molecule has 0 aliphatic rings. The quantitative estimate of drug-likeness (QED) is 0.597. The van der Waals surface area contributed by atoms with Crippen LogP contribution in [0.5, 0.6) is 0 Å². The second-order valence-corrected chi connectivity index (χ2v) is 4.28. The molecular weight excluding hydrogens is 226 g/mol. The number of rotatable bonds is 5. The van der Waals surface area contributed by atoms with Crippen LogP contribution in [0.1, 0.15) is 12.6 Å². The molecule has 0 fully saturated rings. The first-order chi connectivity index (χ1) is 8.68. The molecule has 1 aromatic carbocycles. The lowest BCUT2D eigenvalue weighted by Crippen LogP contribution is -1.99. The van der Waals surface area contributed by atoms with Gasteiger partial charge in [-0.15, -0.1) is 0 Å². The summed E-state index contributed by atoms with van der Waals surface area (Å²) in [5, 5.41) is 1.22. The first-order valence-electron chi connectivity index (χ1n) is 5.96. The molecule has 3 nitrogen and oxygen atoms in total. The van der Waals surface area contributed by atoms with Crippen LogP contribution in [0.15, 0.2) is 42.5 Å². The summed E-state index contributed by atoms with van der Waals surface area (Å²) in [6, 6.07) is 10.4. The third-order valence-corrected chi connectivity index (χ3v) is 2.87. The van der Waals surface area contributed by atoms with Gasteiger partial charge in [-0.3, -0.25) is 4.79 Å². The Labute approximate surface area is 107 Å². The van der Waals surface area contributed by atoms with Crippen LogP contribution in [0, 0.1) is 0 Å². The first kappa shape index (κ1) is 12.6. The molecule has 0 saturated heterocycles. The number of ether oxygens (including phenoxy) is 1. The molecule has 0 saturated carbocycles. The smallest absolute Gasteiger partial charge is 0.152 e. The largest absolute Gasteiger partial charge is 0.371 e. The lowest BCUT2D eigenvalue weighted by Gasteiger charge is -2.04. The van der Waals surface area contributed by atoms with Crippen molar-refractivity contribution < 1.29 is 9.53 Å². The third-order valence-electron chi connectivity index (χ3n) is 2.87. The maximum absolute atomic E-state index is 10.7. The highest BCUT2D eigenvalue weighted by atomic mass is 16.5.